The van der Waals surface area contributed by atoms with Gasteiger partial charge >= 0.3 is 15.6 Å². The summed E-state index contributed by atoms with van der Waals surface area (Å²) >= 11 is 0. The van der Waals surface area contributed by atoms with Gasteiger partial charge in [0.05, 0.1) is 13.2 Å². The van der Waals surface area contributed by atoms with Gasteiger partial charge < -0.3 is 9.05 Å². The number of rotatable bonds is 4. The first kappa shape index (κ1) is 13.6. The summed E-state index contributed by atoms with van der Waals surface area (Å²) in [6.45, 7) is 3.23. The fourth-order valence-electron chi connectivity index (χ4n) is 0.792. The fourth-order valence-corrected chi connectivity index (χ4v) is 6.45. The van der Waals surface area contributed by atoms with Crippen molar-refractivity contribution < 1.29 is 21.6 Å². The van der Waals surface area contributed by atoms with E-state index in [1.54, 1.807) is 11.8 Å². The van der Waals surface area contributed by atoms with Crippen molar-refractivity contribution >= 4 is 24.0 Å². The third-order valence-corrected chi connectivity index (χ3v) is 7.21. The normalized spacial score (nSPS) is 34.3. The average molecular weight is 283 g/mol. The molecule has 15 heavy (non-hydrogen) atoms. The third kappa shape index (κ3) is 4.14. The second-order valence-corrected chi connectivity index (χ2v) is 7.55. The van der Waals surface area contributed by atoms with E-state index in [2.05, 4.69) is 13.6 Å². The Hall–Kier alpha value is 0.560. The maximum atomic E-state index is 13.6. The molecule has 11 heteroatoms. The van der Waals surface area contributed by atoms with Gasteiger partial charge in [0.2, 0.25) is 8.45 Å². The highest BCUT2D eigenvalue weighted by Gasteiger charge is 2.37. The molecule has 90 valence electrons. The van der Waals surface area contributed by atoms with E-state index in [-0.39, 0.29) is 13.2 Å². The van der Waals surface area contributed by atoms with Gasteiger partial charge in [-0.1, -0.05) is 0 Å². The Morgan fingerprint density at radius 1 is 1.27 bits per heavy atom. The molecule has 2 atom stereocenters. The molecule has 0 fully saturated rings. The highest BCUT2D eigenvalue weighted by molar-refractivity contribution is 7.78. The van der Waals surface area contributed by atoms with Crippen molar-refractivity contribution in [1.82, 2.24) is 4.86 Å². The molecule has 2 unspecified atom stereocenters. The standard InChI is InChI=1S/C4H11F3N3O2P3/c1-3-11-13-8-14(5,6)10-15(7,9-13)12-4-2/h8H,3-4H2,1-2H3. The quantitative estimate of drug-likeness (QED) is 0.761. The molecule has 0 radical (unpaired) electrons. The Morgan fingerprint density at radius 2 is 1.93 bits per heavy atom. The molecule has 1 aliphatic heterocycles. The monoisotopic (exact) mass is 283 g/mol. The van der Waals surface area contributed by atoms with Crippen LogP contribution < -0.4 is 4.86 Å². The van der Waals surface area contributed by atoms with Crippen LogP contribution in [0.2, 0.25) is 0 Å². The van der Waals surface area contributed by atoms with Crippen LogP contribution in [-0.4, -0.2) is 13.2 Å². The summed E-state index contributed by atoms with van der Waals surface area (Å²) < 4.78 is 55.2. The molecule has 0 saturated carbocycles. The SMILES string of the molecule is CCOP1N=P(F)(OCC)N=P(F)(F)N1. The fraction of sp³-hybridized carbons (Fsp3) is 1.00. The zero-order chi connectivity index (χ0) is 11.5. The van der Waals surface area contributed by atoms with E-state index in [4.69, 9.17) is 4.52 Å². The maximum Gasteiger partial charge on any atom is 0.385 e. The van der Waals surface area contributed by atoms with E-state index in [0.717, 1.165) is 0 Å². The highest BCUT2D eigenvalue weighted by Crippen LogP contribution is 2.74. The van der Waals surface area contributed by atoms with Gasteiger partial charge in [0.25, 0.3) is 0 Å². The van der Waals surface area contributed by atoms with Gasteiger partial charge in [-0.2, -0.15) is 22.0 Å². The largest absolute Gasteiger partial charge is 0.385 e. The number of nitrogens with zero attached hydrogens (tertiary/aromatic N) is 2. The van der Waals surface area contributed by atoms with Gasteiger partial charge in [0, 0.05) is 0 Å². The van der Waals surface area contributed by atoms with Crippen LogP contribution in [0, 0.1) is 0 Å². The molecule has 0 saturated heterocycles. The summed E-state index contributed by atoms with van der Waals surface area (Å²) in [5, 5.41) is 0. The molecule has 1 rings (SSSR count). The Labute approximate surface area is 87.3 Å². The van der Waals surface area contributed by atoms with Gasteiger partial charge in [0.15, 0.2) is 0 Å². The molecular formula is C4H11F3N3O2P3. The summed E-state index contributed by atoms with van der Waals surface area (Å²) in [7, 11) is -11.0. The molecule has 1 aliphatic rings. The zero-order valence-electron chi connectivity index (χ0n) is 8.10. The minimum Gasteiger partial charge on any atom is -0.326 e. The van der Waals surface area contributed by atoms with Crippen LogP contribution in [-0.2, 0) is 9.05 Å². The molecule has 0 aromatic heterocycles. The van der Waals surface area contributed by atoms with E-state index in [9.17, 15) is 12.6 Å². The molecule has 0 spiro atoms. The van der Waals surface area contributed by atoms with Crippen molar-refractivity contribution in [3.8, 4) is 0 Å². The van der Waals surface area contributed by atoms with Crippen LogP contribution in [0.15, 0.2) is 9.03 Å². The van der Waals surface area contributed by atoms with Crippen LogP contribution in [0.5, 0.6) is 0 Å². The van der Waals surface area contributed by atoms with Crippen molar-refractivity contribution in [3.63, 3.8) is 0 Å². The second-order valence-electron chi connectivity index (χ2n) is 2.34. The minimum absolute atomic E-state index is 0.0490. The first-order chi connectivity index (χ1) is 6.91. The van der Waals surface area contributed by atoms with Crippen molar-refractivity contribution in [2.75, 3.05) is 13.2 Å². The van der Waals surface area contributed by atoms with Crippen LogP contribution in [0.1, 0.15) is 13.8 Å². The molecule has 0 aromatic carbocycles. The predicted octanol–water partition coefficient (Wildman–Crippen LogP) is 4.69. The third-order valence-electron chi connectivity index (χ3n) is 1.16. The van der Waals surface area contributed by atoms with Crippen molar-refractivity contribution in [1.29, 1.82) is 0 Å². The predicted molar refractivity (Wildman–Crippen MR) is 55.3 cm³/mol. The number of nitrogens with one attached hydrogen (secondary N) is 1. The van der Waals surface area contributed by atoms with Gasteiger partial charge in [-0.25, -0.2) is 0 Å². The van der Waals surface area contributed by atoms with Crippen molar-refractivity contribution in [2.24, 2.45) is 9.03 Å². The minimum atomic E-state index is -4.84. The maximum absolute atomic E-state index is 13.6. The molecule has 5 nitrogen and oxygen atoms in total. The van der Waals surface area contributed by atoms with E-state index in [0.29, 0.717) is 0 Å². The smallest absolute Gasteiger partial charge is 0.326 e. The number of hydrogen-bond acceptors (Lipinski definition) is 5. The summed E-state index contributed by atoms with van der Waals surface area (Å²) in [5.41, 5.74) is 0. The van der Waals surface area contributed by atoms with Crippen LogP contribution in [0.3, 0.4) is 0 Å². The summed E-state index contributed by atoms with van der Waals surface area (Å²) in [4.78, 5) is 1.80. The Kier molecular flexibility index (Phi) is 4.78. The molecule has 0 aromatic rings. The summed E-state index contributed by atoms with van der Waals surface area (Å²) in [6, 6.07) is 0. The number of hydrogen-bond donors (Lipinski definition) is 1. The van der Waals surface area contributed by atoms with Crippen LogP contribution >= 0.6 is 24.0 Å². The lowest BCUT2D eigenvalue weighted by molar-refractivity contribution is 0.344. The van der Waals surface area contributed by atoms with E-state index >= 15 is 0 Å². The first-order valence-corrected chi connectivity index (χ1v) is 8.35. The van der Waals surface area contributed by atoms with Gasteiger partial charge in [0.1, 0.15) is 0 Å². The molecule has 0 bridgehead atoms. The molecular weight excluding hydrogens is 272 g/mol. The topological polar surface area (TPSA) is 55.2 Å². The molecule has 1 N–H and O–H groups in total. The highest BCUT2D eigenvalue weighted by atomic mass is 31.3. The molecule has 0 aliphatic carbocycles. The van der Waals surface area contributed by atoms with Crippen LogP contribution in [0.25, 0.3) is 0 Å². The van der Waals surface area contributed by atoms with Crippen molar-refractivity contribution in [3.05, 3.63) is 0 Å². The molecule has 1 heterocycles. The Balaban J connectivity index is 2.96. The number of halogens is 3. The Bertz CT molecular complexity index is 332. The second kappa shape index (κ2) is 5.26. The average Bonchev–Trinajstić information content (AvgIpc) is 1.99. The first-order valence-electron chi connectivity index (χ1n) is 4.11. The summed E-state index contributed by atoms with van der Waals surface area (Å²) in [5.74, 6) is 0. The lowest BCUT2D eigenvalue weighted by atomic mass is 10.9. The molecule has 0 amide bonds. The summed E-state index contributed by atoms with van der Waals surface area (Å²) in [6.07, 6.45) is 0. The van der Waals surface area contributed by atoms with E-state index < -0.39 is 24.0 Å². The lowest BCUT2D eigenvalue weighted by Gasteiger charge is -2.22. The van der Waals surface area contributed by atoms with E-state index in [1.165, 1.54) is 6.92 Å². The van der Waals surface area contributed by atoms with Crippen molar-refractivity contribution in [2.45, 2.75) is 13.8 Å². The lowest BCUT2D eigenvalue weighted by Crippen LogP contribution is -2.03. The van der Waals surface area contributed by atoms with Gasteiger partial charge in [-0.15, -0.1) is 4.52 Å². The zero-order valence-corrected chi connectivity index (χ0v) is 10.8. The van der Waals surface area contributed by atoms with Gasteiger partial charge in [-0.3, -0.25) is 0 Å². The Morgan fingerprint density at radius 3 is 2.47 bits per heavy atom. The van der Waals surface area contributed by atoms with Gasteiger partial charge in [-0.05, 0) is 13.8 Å². The van der Waals surface area contributed by atoms with E-state index in [1.807, 2.05) is 0 Å². The van der Waals surface area contributed by atoms with Crippen LogP contribution in [0.4, 0.5) is 12.6 Å².